The van der Waals surface area contributed by atoms with E-state index in [9.17, 15) is 9.90 Å². The normalized spacial score (nSPS) is 12.1. The summed E-state index contributed by atoms with van der Waals surface area (Å²) in [5.74, 6) is 0.591. The van der Waals surface area contributed by atoms with Crippen LogP contribution in [0.2, 0.25) is 0 Å². The smallest absolute Gasteiger partial charge is 0.321 e. The first-order chi connectivity index (χ1) is 10.1. The van der Waals surface area contributed by atoms with Crippen LogP contribution in [0.25, 0.3) is 0 Å². The van der Waals surface area contributed by atoms with Gasteiger partial charge in [0.2, 0.25) is 0 Å². The van der Waals surface area contributed by atoms with E-state index in [0.29, 0.717) is 12.2 Å². The fourth-order valence-corrected chi connectivity index (χ4v) is 2.09. The van der Waals surface area contributed by atoms with E-state index in [1.165, 1.54) is 0 Å². The quantitative estimate of drug-likeness (QED) is 0.886. The van der Waals surface area contributed by atoms with E-state index >= 15 is 0 Å². The van der Waals surface area contributed by atoms with Gasteiger partial charge in [-0.1, -0.05) is 36.4 Å². The van der Waals surface area contributed by atoms with Gasteiger partial charge in [-0.2, -0.15) is 0 Å². The molecule has 0 spiro atoms. The van der Waals surface area contributed by atoms with Crippen molar-refractivity contribution >= 4 is 5.97 Å². The Hall–Kier alpha value is -2.33. The minimum absolute atomic E-state index is 0.394. The second-order valence-corrected chi connectivity index (χ2v) is 5.04. The average Bonchev–Trinajstić information content (AvgIpc) is 2.46. The molecule has 0 saturated heterocycles. The molecule has 2 rings (SSSR count). The van der Waals surface area contributed by atoms with Crippen molar-refractivity contribution in [3.8, 4) is 11.5 Å². The van der Waals surface area contributed by atoms with Gasteiger partial charge in [0, 0.05) is 6.42 Å². The summed E-state index contributed by atoms with van der Waals surface area (Å²) in [6, 6.07) is 16.4. The standard InChI is InChI=1S/C17H19NO3/c1-18(2)15(17(19)20)12-13-8-6-7-11-16(13)21-14-9-4-3-5-10-14/h3-11,15H,12H2,1-2H3,(H,19,20). The maximum atomic E-state index is 11.3. The molecule has 0 aliphatic carbocycles. The number of benzene rings is 2. The third-order valence-electron chi connectivity index (χ3n) is 3.27. The van der Waals surface area contributed by atoms with Crippen LogP contribution in [0.5, 0.6) is 11.5 Å². The second-order valence-electron chi connectivity index (χ2n) is 5.04. The van der Waals surface area contributed by atoms with Crippen molar-refractivity contribution in [2.24, 2.45) is 0 Å². The van der Waals surface area contributed by atoms with Gasteiger partial charge in [0.1, 0.15) is 17.5 Å². The van der Waals surface area contributed by atoms with Crippen molar-refractivity contribution in [2.45, 2.75) is 12.5 Å². The average molecular weight is 285 g/mol. The lowest BCUT2D eigenvalue weighted by Crippen LogP contribution is -2.37. The van der Waals surface area contributed by atoms with Crippen LogP contribution in [-0.2, 0) is 11.2 Å². The summed E-state index contributed by atoms with van der Waals surface area (Å²) in [4.78, 5) is 13.0. The van der Waals surface area contributed by atoms with Crippen LogP contribution in [0.15, 0.2) is 54.6 Å². The Bertz CT molecular complexity index is 596. The summed E-state index contributed by atoms with van der Waals surface area (Å²) in [6.07, 6.45) is 0.394. The van der Waals surface area contributed by atoms with Crippen LogP contribution in [-0.4, -0.2) is 36.1 Å². The Morgan fingerprint density at radius 2 is 1.71 bits per heavy atom. The number of carbonyl (C=O) groups is 1. The van der Waals surface area contributed by atoms with E-state index in [1.54, 1.807) is 19.0 Å². The molecule has 2 aromatic rings. The highest BCUT2D eigenvalue weighted by atomic mass is 16.5. The van der Waals surface area contributed by atoms with Gasteiger partial charge in [-0.05, 0) is 37.9 Å². The van der Waals surface area contributed by atoms with Crippen molar-refractivity contribution in [1.82, 2.24) is 4.90 Å². The van der Waals surface area contributed by atoms with E-state index in [-0.39, 0.29) is 0 Å². The number of aliphatic carboxylic acids is 1. The highest BCUT2D eigenvalue weighted by molar-refractivity contribution is 5.74. The van der Waals surface area contributed by atoms with Gasteiger partial charge in [0.25, 0.3) is 0 Å². The molecule has 0 aliphatic heterocycles. The van der Waals surface area contributed by atoms with Gasteiger partial charge in [0.15, 0.2) is 0 Å². The Morgan fingerprint density at radius 3 is 2.33 bits per heavy atom. The largest absolute Gasteiger partial charge is 0.480 e. The maximum Gasteiger partial charge on any atom is 0.321 e. The summed E-state index contributed by atoms with van der Waals surface area (Å²) in [7, 11) is 3.53. The highest BCUT2D eigenvalue weighted by Crippen LogP contribution is 2.26. The Labute approximate surface area is 124 Å². The number of para-hydroxylation sites is 2. The van der Waals surface area contributed by atoms with Crippen LogP contribution < -0.4 is 4.74 Å². The monoisotopic (exact) mass is 285 g/mol. The Kier molecular flexibility index (Phi) is 4.95. The lowest BCUT2D eigenvalue weighted by Gasteiger charge is -2.21. The fourth-order valence-electron chi connectivity index (χ4n) is 2.09. The van der Waals surface area contributed by atoms with Crippen LogP contribution in [0.3, 0.4) is 0 Å². The molecule has 2 aromatic carbocycles. The highest BCUT2D eigenvalue weighted by Gasteiger charge is 2.21. The molecule has 110 valence electrons. The molecule has 0 saturated carbocycles. The lowest BCUT2D eigenvalue weighted by atomic mass is 10.0. The minimum atomic E-state index is -0.838. The van der Waals surface area contributed by atoms with E-state index in [4.69, 9.17) is 4.74 Å². The molecule has 0 bridgehead atoms. The van der Waals surface area contributed by atoms with Crippen molar-refractivity contribution in [1.29, 1.82) is 0 Å². The number of ether oxygens (including phenoxy) is 1. The third-order valence-corrected chi connectivity index (χ3v) is 3.27. The molecule has 0 heterocycles. The SMILES string of the molecule is CN(C)C(Cc1ccccc1Oc1ccccc1)C(=O)O. The molecule has 1 unspecified atom stereocenters. The van der Waals surface area contributed by atoms with Gasteiger partial charge in [0.05, 0.1) is 0 Å². The van der Waals surface area contributed by atoms with Crippen LogP contribution in [0.1, 0.15) is 5.56 Å². The molecule has 1 atom stereocenters. The third kappa shape index (κ3) is 4.07. The number of hydrogen-bond donors (Lipinski definition) is 1. The van der Waals surface area contributed by atoms with Crippen LogP contribution >= 0.6 is 0 Å². The van der Waals surface area contributed by atoms with Gasteiger partial charge in [-0.15, -0.1) is 0 Å². The fraction of sp³-hybridized carbons (Fsp3) is 0.235. The summed E-state index contributed by atoms with van der Waals surface area (Å²) in [5, 5.41) is 9.30. The Balaban J connectivity index is 2.22. The molecule has 0 aromatic heterocycles. The first kappa shape index (κ1) is 15.1. The summed E-state index contributed by atoms with van der Waals surface area (Å²) in [5.41, 5.74) is 0.877. The predicted molar refractivity (Wildman–Crippen MR) is 81.8 cm³/mol. The van der Waals surface area contributed by atoms with E-state index in [1.807, 2.05) is 54.6 Å². The first-order valence-electron chi connectivity index (χ1n) is 6.78. The van der Waals surface area contributed by atoms with Crippen molar-refractivity contribution in [3.05, 3.63) is 60.2 Å². The van der Waals surface area contributed by atoms with E-state index in [2.05, 4.69) is 0 Å². The molecule has 4 nitrogen and oxygen atoms in total. The number of carboxylic acids is 1. The molecule has 0 radical (unpaired) electrons. The topological polar surface area (TPSA) is 49.8 Å². The molecular weight excluding hydrogens is 266 g/mol. The minimum Gasteiger partial charge on any atom is -0.480 e. The van der Waals surface area contributed by atoms with Crippen molar-refractivity contribution in [2.75, 3.05) is 14.1 Å². The molecule has 21 heavy (non-hydrogen) atoms. The maximum absolute atomic E-state index is 11.3. The number of carboxylic acid groups (broad SMARTS) is 1. The first-order valence-corrected chi connectivity index (χ1v) is 6.78. The number of likely N-dealkylation sites (N-methyl/N-ethyl adjacent to an activating group) is 1. The number of hydrogen-bond acceptors (Lipinski definition) is 3. The number of rotatable bonds is 6. The molecule has 4 heteroatoms. The van der Waals surface area contributed by atoms with Crippen LogP contribution in [0.4, 0.5) is 0 Å². The summed E-state index contributed by atoms with van der Waals surface area (Å²) < 4.78 is 5.86. The van der Waals surface area contributed by atoms with E-state index in [0.717, 1.165) is 11.3 Å². The van der Waals surface area contributed by atoms with Gasteiger partial charge >= 0.3 is 5.97 Å². The zero-order valence-electron chi connectivity index (χ0n) is 12.2. The van der Waals surface area contributed by atoms with Gasteiger partial charge < -0.3 is 9.84 Å². The number of nitrogens with zero attached hydrogens (tertiary/aromatic N) is 1. The second kappa shape index (κ2) is 6.90. The zero-order chi connectivity index (χ0) is 15.2. The molecule has 0 fully saturated rings. The van der Waals surface area contributed by atoms with Gasteiger partial charge in [-0.3, -0.25) is 9.69 Å². The van der Waals surface area contributed by atoms with Crippen LogP contribution in [0, 0.1) is 0 Å². The molecule has 1 N–H and O–H groups in total. The molecule has 0 amide bonds. The Morgan fingerprint density at radius 1 is 1.10 bits per heavy atom. The van der Waals surface area contributed by atoms with Crippen molar-refractivity contribution in [3.63, 3.8) is 0 Å². The molecule has 0 aliphatic rings. The summed E-state index contributed by atoms with van der Waals surface area (Å²) >= 11 is 0. The summed E-state index contributed by atoms with van der Waals surface area (Å²) in [6.45, 7) is 0. The molecular formula is C17H19NO3. The zero-order valence-corrected chi connectivity index (χ0v) is 12.2. The lowest BCUT2D eigenvalue weighted by molar-refractivity contribution is -0.142. The predicted octanol–water partition coefficient (Wildman–Crippen LogP) is 3.04. The van der Waals surface area contributed by atoms with E-state index < -0.39 is 12.0 Å². The van der Waals surface area contributed by atoms with Crippen molar-refractivity contribution < 1.29 is 14.6 Å². The van der Waals surface area contributed by atoms with Gasteiger partial charge in [-0.25, -0.2) is 0 Å².